The predicted octanol–water partition coefficient (Wildman–Crippen LogP) is 4.24. The molecule has 1 N–H and O–H groups in total. The SMILES string of the molecule is CC(C)(C)Cc1ccc(C(CC(=O)O)C2CC2)cc1. The van der Waals surface area contributed by atoms with Crippen molar-refractivity contribution in [2.45, 2.75) is 52.4 Å². The van der Waals surface area contributed by atoms with Gasteiger partial charge in [-0.05, 0) is 47.6 Å². The van der Waals surface area contributed by atoms with E-state index in [1.165, 1.54) is 24.0 Å². The molecule has 0 heterocycles. The van der Waals surface area contributed by atoms with Crippen LogP contribution >= 0.6 is 0 Å². The van der Waals surface area contributed by atoms with Crippen molar-refractivity contribution in [3.8, 4) is 0 Å². The van der Waals surface area contributed by atoms with E-state index in [1.54, 1.807) is 0 Å². The monoisotopic (exact) mass is 260 g/mol. The minimum atomic E-state index is -0.685. The van der Waals surface area contributed by atoms with Crippen LogP contribution in [0.15, 0.2) is 24.3 Å². The van der Waals surface area contributed by atoms with E-state index < -0.39 is 5.97 Å². The lowest BCUT2D eigenvalue weighted by molar-refractivity contribution is -0.137. The minimum Gasteiger partial charge on any atom is -0.481 e. The van der Waals surface area contributed by atoms with Crippen molar-refractivity contribution in [3.63, 3.8) is 0 Å². The quantitative estimate of drug-likeness (QED) is 0.859. The molecule has 1 fully saturated rings. The van der Waals surface area contributed by atoms with Crippen molar-refractivity contribution in [1.29, 1.82) is 0 Å². The molecule has 1 aromatic carbocycles. The Morgan fingerprint density at radius 1 is 1.26 bits per heavy atom. The van der Waals surface area contributed by atoms with E-state index in [0.717, 1.165) is 6.42 Å². The van der Waals surface area contributed by atoms with Crippen LogP contribution in [0.2, 0.25) is 0 Å². The summed E-state index contributed by atoms with van der Waals surface area (Å²) in [5.41, 5.74) is 2.82. The van der Waals surface area contributed by atoms with Crippen LogP contribution in [0.4, 0.5) is 0 Å². The van der Waals surface area contributed by atoms with Gasteiger partial charge < -0.3 is 5.11 Å². The Balaban J connectivity index is 2.09. The predicted molar refractivity (Wildman–Crippen MR) is 77.3 cm³/mol. The number of hydrogen-bond donors (Lipinski definition) is 1. The van der Waals surface area contributed by atoms with E-state index in [-0.39, 0.29) is 12.3 Å². The molecular formula is C17H24O2. The third-order valence-corrected chi connectivity index (χ3v) is 3.73. The van der Waals surface area contributed by atoms with Crippen LogP contribution in [-0.4, -0.2) is 11.1 Å². The average molecular weight is 260 g/mol. The molecule has 104 valence electrons. The zero-order valence-electron chi connectivity index (χ0n) is 12.1. The molecule has 1 aliphatic carbocycles. The molecule has 1 aliphatic rings. The Morgan fingerprint density at radius 2 is 1.84 bits per heavy atom. The summed E-state index contributed by atoms with van der Waals surface area (Å²) in [6.45, 7) is 6.70. The van der Waals surface area contributed by atoms with Crippen molar-refractivity contribution in [2.24, 2.45) is 11.3 Å². The standard InChI is InChI=1S/C17H24O2/c1-17(2,3)11-12-4-6-13(7-5-12)15(10-16(18)19)14-8-9-14/h4-7,14-15H,8-11H2,1-3H3,(H,18,19). The molecule has 2 nitrogen and oxygen atoms in total. The van der Waals surface area contributed by atoms with E-state index in [0.29, 0.717) is 11.3 Å². The lowest BCUT2D eigenvalue weighted by atomic mass is 9.86. The molecular weight excluding hydrogens is 236 g/mol. The molecule has 1 atom stereocenters. The number of benzene rings is 1. The van der Waals surface area contributed by atoms with E-state index >= 15 is 0 Å². The van der Waals surface area contributed by atoms with Crippen LogP contribution in [0.1, 0.15) is 57.1 Å². The van der Waals surface area contributed by atoms with Gasteiger partial charge in [0.15, 0.2) is 0 Å². The normalized spacial score (nSPS) is 17.2. The van der Waals surface area contributed by atoms with E-state index in [9.17, 15) is 4.79 Å². The molecule has 0 aromatic heterocycles. The molecule has 0 amide bonds. The molecule has 1 unspecified atom stereocenters. The van der Waals surface area contributed by atoms with Crippen molar-refractivity contribution in [2.75, 3.05) is 0 Å². The fourth-order valence-electron chi connectivity index (χ4n) is 2.74. The molecule has 2 heteroatoms. The zero-order valence-corrected chi connectivity index (χ0v) is 12.1. The average Bonchev–Trinajstić information content (AvgIpc) is 3.08. The van der Waals surface area contributed by atoms with Gasteiger partial charge in [-0.15, -0.1) is 0 Å². The summed E-state index contributed by atoms with van der Waals surface area (Å²) in [6, 6.07) is 8.59. The largest absolute Gasteiger partial charge is 0.481 e. The highest BCUT2D eigenvalue weighted by Crippen LogP contribution is 2.44. The van der Waals surface area contributed by atoms with Gasteiger partial charge in [-0.2, -0.15) is 0 Å². The molecule has 0 spiro atoms. The second-order valence-corrected chi connectivity index (χ2v) is 7.02. The van der Waals surface area contributed by atoms with E-state index in [4.69, 9.17) is 5.11 Å². The van der Waals surface area contributed by atoms with Crippen LogP contribution in [-0.2, 0) is 11.2 Å². The van der Waals surface area contributed by atoms with Crippen molar-refractivity contribution < 1.29 is 9.90 Å². The van der Waals surface area contributed by atoms with Gasteiger partial charge >= 0.3 is 5.97 Å². The molecule has 0 radical (unpaired) electrons. The third kappa shape index (κ3) is 4.38. The van der Waals surface area contributed by atoms with Crippen LogP contribution in [0, 0.1) is 11.3 Å². The first-order valence-corrected chi connectivity index (χ1v) is 7.16. The molecule has 2 rings (SSSR count). The van der Waals surface area contributed by atoms with Gasteiger partial charge in [0, 0.05) is 0 Å². The molecule has 0 saturated heterocycles. The molecule has 19 heavy (non-hydrogen) atoms. The fraction of sp³-hybridized carbons (Fsp3) is 0.588. The van der Waals surface area contributed by atoms with E-state index in [2.05, 4.69) is 45.0 Å². The smallest absolute Gasteiger partial charge is 0.303 e. The maximum Gasteiger partial charge on any atom is 0.303 e. The second kappa shape index (κ2) is 5.36. The first-order chi connectivity index (χ1) is 8.85. The number of carboxylic acids is 1. The summed E-state index contributed by atoms with van der Waals surface area (Å²) in [6.07, 6.45) is 3.69. The number of aliphatic carboxylic acids is 1. The number of carbonyl (C=O) groups is 1. The molecule has 1 aromatic rings. The maximum absolute atomic E-state index is 11.0. The van der Waals surface area contributed by atoms with Gasteiger partial charge in [0.05, 0.1) is 6.42 Å². The Labute approximate surface area is 115 Å². The summed E-state index contributed by atoms with van der Waals surface area (Å²) in [7, 11) is 0. The highest BCUT2D eigenvalue weighted by atomic mass is 16.4. The molecule has 0 aliphatic heterocycles. The van der Waals surface area contributed by atoms with Gasteiger partial charge in [-0.1, -0.05) is 45.0 Å². The Kier molecular flexibility index (Phi) is 3.98. The highest BCUT2D eigenvalue weighted by Gasteiger charge is 2.33. The van der Waals surface area contributed by atoms with Crippen LogP contribution in [0.5, 0.6) is 0 Å². The van der Waals surface area contributed by atoms with Gasteiger partial charge in [0.1, 0.15) is 0 Å². The number of hydrogen-bond acceptors (Lipinski definition) is 1. The fourth-order valence-corrected chi connectivity index (χ4v) is 2.74. The first-order valence-electron chi connectivity index (χ1n) is 7.16. The summed E-state index contributed by atoms with van der Waals surface area (Å²) >= 11 is 0. The zero-order chi connectivity index (χ0) is 14.0. The second-order valence-electron chi connectivity index (χ2n) is 7.02. The van der Waals surface area contributed by atoms with Gasteiger partial charge in [-0.25, -0.2) is 0 Å². The van der Waals surface area contributed by atoms with Crippen LogP contribution in [0.3, 0.4) is 0 Å². The summed E-state index contributed by atoms with van der Waals surface area (Å²) in [5.74, 6) is 0.112. The van der Waals surface area contributed by atoms with Gasteiger partial charge in [0.2, 0.25) is 0 Å². The van der Waals surface area contributed by atoms with Crippen LogP contribution in [0.25, 0.3) is 0 Å². The van der Waals surface area contributed by atoms with Crippen molar-refractivity contribution in [3.05, 3.63) is 35.4 Å². The Bertz CT molecular complexity index is 435. The van der Waals surface area contributed by atoms with Gasteiger partial charge in [-0.3, -0.25) is 4.79 Å². The number of rotatable bonds is 5. The summed E-state index contributed by atoms with van der Waals surface area (Å²) in [5, 5.41) is 9.03. The van der Waals surface area contributed by atoms with Gasteiger partial charge in [0.25, 0.3) is 0 Å². The maximum atomic E-state index is 11.0. The molecule has 1 saturated carbocycles. The molecule has 0 bridgehead atoms. The summed E-state index contributed by atoms with van der Waals surface area (Å²) < 4.78 is 0. The minimum absolute atomic E-state index is 0.209. The Morgan fingerprint density at radius 3 is 2.26 bits per heavy atom. The first kappa shape index (κ1) is 14.1. The number of carboxylic acid groups (broad SMARTS) is 1. The van der Waals surface area contributed by atoms with Crippen LogP contribution < -0.4 is 0 Å². The van der Waals surface area contributed by atoms with Crippen molar-refractivity contribution in [1.82, 2.24) is 0 Å². The third-order valence-electron chi connectivity index (χ3n) is 3.73. The Hall–Kier alpha value is -1.31. The van der Waals surface area contributed by atoms with E-state index in [1.807, 2.05) is 0 Å². The lowest BCUT2D eigenvalue weighted by Crippen LogP contribution is -2.10. The topological polar surface area (TPSA) is 37.3 Å². The van der Waals surface area contributed by atoms with Crippen molar-refractivity contribution >= 4 is 5.97 Å². The highest BCUT2D eigenvalue weighted by molar-refractivity contribution is 5.68. The lowest BCUT2D eigenvalue weighted by Gasteiger charge is -2.19. The summed E-state index contributed by atoms with van der Waals surface area (Å²) in [4.78, 5) is 11.0.